The van der Waals surface area contributed by atoms with E-state index < -0.39 is 0 Å². The summed E-state index contributed by atoms with van der Waals surface area (Å²) >= 11 is 0. The molecule has 1 aromatic heterocycles. The molecular weight excluding hydrogens is 226 g/mol. The summed E-state index contributed by atoms with van der Waals surface area (Å²) in [5, 5.41) is 6.33. The van der Waals surface area contributed by atoms with Crippen LogP contribution < -0.4 is 10.6 Å². The van der Waals surface area contributed by atoms with Gasteiger partial charge in [-0.05, 0) is 43.7 Å². The van der Waals surface area contributed by atoms with Gasteiger partial charge in [-0.3, -0.25) is 9.78 Å². The van der Waals surface area contributed by atoms with Crippen LogP contribution in [0.2, 0.25) is 0 Å². The van der Waals surface area contributed by atoms with Gasteiger partial charge in [0.2, 0.25) is 5.91 Å². The van der Waals surface area contributed by atoms with Crippen LogP contribution in [-0.2, 0) is 11.2 Å². The Balaban J connectivity index is 1.58. The van der Waals surface area contributed by atoms with Crippen LogP contribution in [0.15, 0.2) is 18.3 Å². The van der Waals surface area contributed by atoms with Gasteiger partial charge in [0.1, 0.15) is 0 Å². The Kier molecular flexibility index (Phi) is 3.28. The van der Waals surface area contributed by atoms with E-state index in [0.29, 0.717) is 12.6 Å². The Morgan fingerprint density at radius 1 is 1.39 bits per heavy atom. The summed E-state index contributed by atoms with van der Waals surface area (Å²) in [4.78, 5) is 16.1. The Morgan fingerprint density at radius 3 is 3.11 bits per heavy atom. The first-order valence-electron chi connectivity index (χ1n) is 6.79. The van der Waals surface area contributed by atoms with Gasteiger partial charge in [0.05, 0.1) is 18.3 Å². The van der Waals surface area contributed by atoms with Crippen LogP contribution in [0.4, 0.5) is 0 Å². The summed E-state index contributed by atoms with van der Waals surface area (Å²) in [5.74, 6) is 0.112. The molecule has 96 valence electrons. The van der Waals surface area contributed by atoms with Gasteiger partial charge in [0, 0.05) is 12.2 Å². The Hall–Kier alpha value is -1.42. The third kappa shape index (κ3) is 2.70. The first kappa shape index (κ1) is 11.7. The first-order chi connectivity index (χ1) is 8.83. The molecule has 0 saturated heterocycles. The average molecular weight is 245 g/mol. The van der Waals surface area contributed by atoms with Crippen molar-refractivity contribution < 1.29 is 4.79 Å². The van der Waals surface area contributed by atoms with Crippen molar-refractivity contribution in [3.05, 3.63) is 29.6 Å². The Labute approximate surface area is 107 Å². The van der Waals surface area contributed by atoms with E-state index in [1.165, 1.54) is 12.0 Å². The molecule has 0 spiro atoms. The number of rotatable bonds is 4. The van der Waals surface area contributed by atoms with E-state index in [-0.39, 0.29) is 11.9 Å². The van der Waals surface area contributed by atoms with Crippen LogP contribution in [-0.4, -0.2) is 23.5 Å². The standard InChI is InChI=1S/C14H19N3O/c18-13(17-11-6-7-11)9-16-12-5-1-3-10-4-2-8-15-14(10)12/h2,4,8,11-12,16H,1,3,5-7,9H2,(H,17,18). The fourth-order valence-corrected chi connectivity index (χ4v) is 2.53. The van der Waals surface area contributed by atoms with Crippen LogP contribution in [0, 0.1) is 0 Å². The molecule has 1 saturated carbocycles. The fraction of sp³-hybridized carbons (Fsp3) is 0.571. The maximum atomic E-state index is 11.7. The Bertz CT molecular complexity index is 442. The number of aryl methyl sites for hydroxylation is 1. The molecule has 0 aliphatic heterocycles. The predicted octanol–water partition coefficient (Wildman–Crippen LogP) is 1.33. The van der Waals surface area contributed by atoms with E-state index in [2.05, 4.69) is 21.7 Å². The fourth-order valence-electron chi connectivity index (χ4n) is 2.53. The second-order valence-corrected chi connectivity index (χ2v) is 5.22. The molecular formula is C14H19N3O. The predicted molar refractivity (Wildman–Crippen MR) is 69.1 cm³/mol. The first-order valence-corrected chi connectivity index (χ1v) is 6.79. The van der Waals surface area contributed by atoms with Crippen molar-refractivity contribution in [1.82, 2.24) is 15.6 Å². The van der Waals surface area contributed by atoms with E-state index in [1.807, 2.05) is 12.3 Å². The van der Waals surface area contributed by atoms with Crippen molar-refractivity contribution in [3.63, 3.8) is 0 Å². The third-order valence-corrected chi connectivity index (χ3v) is 3.65. The van der Waals surface area contributed by atoms with Crippen molar-refractivity contribution in [2.45, 2.75) is 44.2 Å². The van der Waals surface area contributed by atoms with Crippen LogP contribution in [0.25, 0.3) is 0 Å². The lowest BCUT2D eigenvalue weighted by Crippen LogP contribution is -2.37. The molecule has 1 fully saturated rings. The average Bonchev–Trinajstić information content (AvgIpc) is 3.20. The monoisotopic (exact) mass is 245 g/mol. The van der Waals surface area contributed by atoms with Crippen LogP contribution >= 0.6 is 0 Å². The topological polar surface area (TPSA) is 54.0 Å². The maximum absolute atomic E-state index is 11.7. The largest absolute Gasteiger partial charge is 0.352 e. The van der Waals surface area contributed by atoms with Crippen LogP contribution in [0.3, 0.4) is 0 Å². The normalized spacial score (nSPS) is 22.3. The van der Waals surface area contributed by atoms with Gasteiger partial charge in [-0.25, -0.2) is 0 Å². The molecule has 2 aliphatic rings. The van der Waals surface area contributed by atoms with E-state index in [1.54, 1.807) is 0 Å². The number of hydrogen-bond acceptors (Lipinski definition) is 3. The quantitative estimate of drug-likeness (QED) is 0.841. The number of nitrogens with one attached hydrogen (secondary N) is 2. The summed E-state index contributed by atoms with van der Waals surface area (Å²) in [5.41, 5.74) is 2.45. The van der Waals surface area contributed by atoms with Gasteiger partial charge in [0.25, 0.3) is 0 Å². The smallest absolute Gasteiger partial charge is 0.234 e. The highest BCUT2D eigenvalue weighted by atomic mass is 16.2. The summed E-state index contributed by atoms with van der Waals surface area (Å²) in [7, 11) is 0. The number of carbonyl (C=O) groups excluding carboxylic acids is 1. The summed E-state index contributed by atoms with van der Waals surface area (Å²) in [6.07, 6.45) is 7.46. The molecule has 4 nitrogen and oxygen atoms in total. The van der Waals surface area contributed by atoms with E-state index in [9.17, 15) is 4.79 Å². The lowest BCUT2D eigenvalue weighted by Gasteiger charge is -2.25. The molecule has 1 heterocycles. The second kappa shape index (κ2) is 5.06. The van der Waals surface area contributed by atoms with Crippen LogP contribution in [0.5, 0.6) is 0 Å². The summed E-state index contributed by atoms with van der Waals surface area (Å²) in [6.45, 7) is 0.400. The highest BCUT2D eigenvalue weighted by Gasteiger charge is 2.25. The zero-order valence-corrected chi connectivity index (χ0v) is 10.5. The minimum atomic E-state index is 0.112. The highest BCUT2D eigenvalue weighted by Crippen LogP contribution is 2.27. The highest BCUT2D eigenvalue weighted by molar-refractivity contribution is 5.78. The van der Waals surface area contributed by atoms with Crippen molar-refractivity contribution in [3.8, 4) is 0 Å². The lowest BCUT2D eigenvalue weighted by atomic mass is 9.92. The zero-order chi connectivity index (χ0) is 12.4. The molecule has 2 N–H and O–H groups in total. The van der Waals surface area contributed by atoms with Gasteiger partial charge in [0.15, 0.2) is 0 Å². The Morgan fingerprint density at radius 2 is 2.28 bits per heavy atom. The maximum Gasteiger partial charge on any atom is 0.234 e. The molecule has 0 radical (unpaired) electrons. The summed E-state index contributed by atoms with van der Waals surface area (Å²) in [6, 6.07) is 4.80. The molecule has 1 unspecified atom stereocenters. The molecule has 3 rings (SSSR count). The van der Waals surface area contributed by atoms with Gasteiger partial charge in [-0.1, -0.05) is 6.07 Å². The molecule has 1 atom stereocenters. The number of pyridine rings is 1. The number of carbonyl (C=O) groups is 1. The van der Waals surface area contributed by atoms with Crippen molar-refractivity contribution in [1.29, 1.82) is 0 Å². The van der Waals surface area contributed by atoms with Crippen molar-refractivity contribution >= 4 is 5.91 Å². The number of hydrogen-bond donors (Lipinski definition) is 2. The molecule has 2 aliphatic carbocycles. The molecule has 1 amide bonds. The number of amides is 1. The van der Waals surface area contributed by atoms with Crippen LogP contribution in [0.1, 0.15) is 43.0 Å². The number of aromatic nitrogens is 1. The van der Waals surface area contributed by atoms with Gasteiger partial charge in [-0.2, -0.15) is 0 Å². The van der Waals surface area contributed by atoms with Gasteiger partial charge >= 0.3 is 0 Å². The van der Waals surface area contributed by atoms with E-state index in [0.717, 1.165) is 31.4 Å². The van der Waals surface area contributed by atoms with E-state index >= 15 is 0 Å². The lowest BCUT2D eigenvalue weighted by molar-refractivity contribution is -0.120. The van der Waals surface area contributed by atoms with Gasteiger partial charge < -0.3 is 10.6 Å². The molecule has 0 aromatic carbocycles. The zero-order valence-electron chi connectivity index (χ0n) is 10.5. The summed E-state index contributed by atoms with van der Waals surface area (Å²) < 4.78 is 0. The second-order valence-electron chi connectivity index (χ2n) is 5.22. The van der Waals surface area contributed by atoms with Crippen molar-refractivity contribution in [2.75, 3.05) is 6.54 Å². The third-order valence-electron chi connectivity index (χ3n) is 3.65. The van der Waals surface area contributed by atoms with Gasteiger partial charge in [-0.15, -0.1) is 0 Å². The minimum absolute atomic E-state index is 0.112. The minimum Gasteiger partial charge on any atom is -0.352 e. The molecule has 18 heavy (non-hydrogen) atoms. The SMILES string of the molecule is O=C(CNC1CCCc2cccnc21)NC1CC1. The molecule has 0 bridgehead atoms. The molecule has 4 heteroatoms. The number of nitrogens with zero attached hydrogens (tertiary/aromatic N) is 1. The molecule has 1 aromatic rings. The van der Waals surface area contributed by atoms with E-state index in [4.69, 9.17) is 0 Å². The van der Waals surface area contributed by atoms with Crippen molar-refractivity contribution in [2.24, 2.45) is 0 Å². The number of fused-ring (bicyclic) bond motifs is 1.